The number of hydrogen-bond donors (Lipinski definition) is 1. The van der Waals surface area contributed by atoms with Gasteiger partial charge in [-0.2, -0.15) is 4.31 Å². The number of halogens is 1. The van der Waals surface area contributed by atoms with Crippen molar-refractivity contribution in [3.05, 3.63) is 41.1 Å². The molecule has 0 bridgehead atoms. The second kappa shape index (κ2) is 8.84. The Morgan fingerprint density at radius 2 is 1.93 bits per heavy atom. The SMILES string of the molecule is COC(=O)Nc1ccc(S(=O)(=O)N2CCCC(Oc3ncc(Br)cn3)C2)cc1. The first-order chi connectivity index (χ1) is 13.4. The first-order valence-corrected chi connectivity index (χ1v) is 10.7. The molecule has 1 atom stereocenters. The molecule has 0 saturated carbocycles. The van der Waals surface area contributed by atoms with E-state index in [9.17, 15) is 13.2 Å². The highest BCUT2D eigenvalue weighted by molar-refractivity contribution is 9.10. The first kappa shape index (κ1) is 20.5. The maximum Gasteiger partial charge on any atom is 0.411 e. The van der Waals surface area contributed by atoms with Crippen LogP contribution in [0.25, 0.3) is 0 Å². The molecule has 1 fully saturated rings. The number of hydrogen-bond acceptors (Lipinski definition) is 7. The van der Waals surface area contributed by atoms with E-state index in [4.69, 9.17) is 4.74 Å². The fourth-order valence-electron chi connectivity index (χ4n) is 2.76. The summed E-state index contributed by atoms with van der Waals surface area (Å²) in [5, 5.41) is 2.48. The van der Waals surface area contributed by atoms with Crippen molar-refractivity contribution in [1.82, 2.24) is 14.3 Å². The van der Waals surface area contributed by atoms with E-state index < -0.39 is 16.1 Å². The molecule has 9 nitrogen and oxygen atoms in total. The van der Waals surface area contributed by atoms with Crippen LogP contribution in [0.2, 0.25) is 0 Å². The van der Waals surface area contributed by atoms with Crippen LogP contribution in [0, 0.1) is 0 Å². The molecule has 0 spiro atoms. The Bertz CT molecular complexity index is 922. The molecule has 1 N–H and O–H groups in total. The van der Waals surface area contributed by atoms with Gasteiger partial charge in [-0.05, 0) is 53.0 Å². The third-order valence-electron chi connectivity index (χ3n) is 4.13. The number of aromatic nitrogens is 2. The van der Waals surface area contributed by atoms with Crippen molar-refractivity contribution in [1.29, 1.82) is 0 Å². The van der Waals surface area contributed by atoms with Gasteiger partial charge in [0.05, 0.1) is 23.0 Å². The molecule has 1 amide bonds. The van der Waals surface area contributed by atoms with Crippen LogP contribution >= 0.6 is 15.9 Å². The maximum absolute atomic E-state index is 12.9. The summed E-state index contributed by atoms with van der Waals surface area (Å²) in [6.07, 6.45) is 3.58. The van der Waals surface area contributed by atoms with Crippen LogP contribution < -0.4 is 10.1 Å². The molecular formula is C17H19BrN4O5S. The van der Waals surface area contributed by atoms with E-state index in [-0.39, 0.29) is 23.6 Å². The first-order valence-electron chi connectivity index (χ1n) is 8.48. The highest BCUT2D eigenvalue weighted by atomic mass is 79.9. The normalized spacial score (nSPS) is 17.7. The molecule has 1 saturated heterocycles. The number of amides is 1. The van der Waals surface area contributed by atoms with E-state index >= 15 is 0 Å². The van der Waals surface area contributed by atoms with Crippen molar-refractivity contribution in [2.45, 2.75) is 23.8 Å². The van der Waals surface area contributed by atoms with Crippen molar-refractivity contribution in [2.24, 2.45) is 0 Å². The molecule has 0 radical (unpaired) electrons. The minimum Gasteiger partial charge on any atom is -0.459 e. The molecular weight excluding hydrogens is 452 g/mol. The molecule has 11 heteroatoms. The number of ether oxygens (including phenoxy) is 2. The lowest BCUT2D eigenvalue weighted by Gasteiger charge is -2.31. The number of methoxy groups -OCH3 is 1. The van der Waals surface area contributed by atoms with Gasteiger partial charge in [-0.1, -0.05) is 0 Å². The van der Waals surface area contributed by atoms with Gasteiger partial charge in [0.25, 0.3) is 0 Å². The maximum atomic E-state index is 12.9. The van der Waals surface area contributed by atoms with Crippen molar-refractivity contribution in [2.75, 3.05) is 25.5 Å². The van der Waals surface area contributed by atoms with Crippen LogP contribution in [-0.4, -0.2) is 55.1 Å². The Morgan fingerprint density at radius 1 is 1.25 bits per heavy atom. The van der Waals surface area contributed by atoms with Crippen LogP contribution in [0.5, 0.6) is 6.01 Å². The number of sulfonamides is 1. The molecule has 1 unspecified atom stereocenters. The Morgan fingerprint density at radius 3 is 2.57 bits per heavy atom. The number of rotatable bonds is 5. The van der Waals surface area contributed by atoms with Crippen molar-refractivity contribution >= 4 is 37.7 Å². The lowest BCUT2D eigenvalue weighted by atomic mass is 10.1. The number of nitrogens with zero attached hydrogens (tertiary/aromatic N) is 3. The number of nitrogens with one attached hydrogen (secondary N) is 1. The zero-order chi connectivity index (χ0) is 20.1. The summed E-state index contributed by atoms with van der Waals surface area (Å²) in [5.41, 5.74) is 0.443. The smallest absolute Gasteiger partial charge is 0.411 e. The molecule has 0 aliphatic carbocycles. The molecule has 28 heavy (non-hydrogen) atoms. The average molecular weight is 471 g/mol. The van der Waals surface area contributed by atoms with Gasteiger partial charge in [0.2, 0.25) is 10.0 Å². The van der Waals surface area contributed by atoms with Gasteiger partial charge in [-0.3, -0.25) is 5.32 Å². The van der Waals surface area contributed by atoms with Crippen molar-refractivity contribution < 1.29 is 22.7 Å². The van der Waals surface area contributed by atoms with E-state index in [0.29, 0.717) is 25.1 Å². The highest BCUT2D eigenvalue weighted by Gasteiger charge is 2.31. The predicted molar refractivity (Wildman–Crippen MR) is 105 cm³/mol. The molecule has 1 aliphatic heterocycles. The molecule has 3 rings (SSSR count). The zero-order valence-corrected chi connectivity index (χ0v) is 17.4. The zero-order valence-electron chi connectivity index (χ0n) is 15.0. The number of anilines is 1. The van der Waals surface area contributed by atoms with Crippen molar-refractivity contribution in [3.8, 4) is 6.01 Å². The lowest BCUT2D eigenvalue weighted by molar-refractivity contribution is 0.119. The van der Waals surface area contributed by atoms with E-state index in [2.05, 4.69) is 36.0 Å². The average Bonchev–Trinajstić information content (AvgIpc) is 2.70. The lowest BCUT2D eigenvalue weighted by Crippen LogP contribution is -2.44. The van der Waals surface area contributed by atoms with Crippen molar-refractivity contribution in [3.63, 3.8) is 0 Å². The summed E-state index contributed by atoms with van der Waals surface area (Å²) < 4.78 is 38.3. The van der Waals surface area contributed by atoms with E-state index in [0.717, 1.165) is 4.47 Å². The Hall–Kier alpha value is -2.24. The Kier molecular flexibility index (Phi) is 6.47. The minimum absolute atomic E-state index is 0.142. The van der Waals surface area contributed by atoms with Crippen LogP contribution in [0.15, 0.2) is 46.0 Å². The number of benzene rings is 1. The number of piperidine rings is 1. The molecule has 1 aliphatic rings. The molecule has 1 aromatic heterocycles. The largest absolute Gasteiger partial charge is 0.459 e. The van der Waals surface area contributed by atoms with E-state index in [1.54, 1.807) is 12.4 Å². The minimum atomic E-state index is -3.68. The summed E-state index contributed by atoms with van der Waals surface area (Å²) in [7, 11) is -2.43. The predicted octanol–water partition coefficient (Wildman–Crippen LogP) is 2.65. The molecule has 2 aromatic rings. The van der Waals surface area contributed by atoms with Crippen LogP contribution in [-0.2, 0) is 14.8 Å². The summed E-state index contributed by atoms with van der Waals surface area (Å²) in [4.78, 5) is 19.5. The summed E-state index contributed by atoms with van der Waals surface area (Å²) in [6.45, 7) is 0.621. The Labute approximate surface area is 171 Å². The third kappa shape index (κ3) is 4.97. The number of carbonyl (C=O) groups excluding carboxylic acids is 1. The van der Waals surface area contributed by atoms with E-state index in [1.807, 2.05) is 0 Å². The monoisotopic (exact) mass is 470 g/mol. The van der Waals surface area contributed by atoms with Gasteiger partial charge in [0, 0.05) is 24.6 Å². The van der Waals surface area contributed by atoms with Gasteiger partial charge in [0.15, 0.2) is 0 Å². The van der Waals surface area contributed by atoms with Gasteiger partial charge in [-0.15, -0.1) is 0 Å². The topological polar surface area (TPSA) is 111 Å². The fraction of sp³-hybridized carbons (Fsp3) is 0.353. The highest BCUT2D eigenvalue weighted by Crippen LogP contribution is 2.24. The van der Waals surface area contributed by atoms with Crippen LogP contribution in [0.4, 0.5) is 10.5 Å². The van der Waals surface area contributed by atoms with Gasteiger partial charge < -0.3 is 9.47 Å². The fourth-order valence-corrected chi connectivity index (χ4v) is 4.47. The van der Waals surface area contributed by atoms with Crippen LogP contribution in [0.1, 0.15) is 12.8 Å². The Balaban J connectivity index is 1.68. The molecule has 150 valence electrons. The van der Waals surface area contributed by atoms with Gasteiger partial charge in [-0.25, -0.2) is 23.2 Å². The van der Waals surface area contributed by atoms with Gasteiger partial charge in [0.1, 0.15) is 6.10 Å². The molecule has 2 heterocycles. The standard InChI is InChI=1S/C17H19BrN4O5S/c1-26-17(23)21-13-4-6-15(7-5-13)28(24,25)22-8-2-3-14(11-22)27-16-19-9-12(18)10-20-16/h4-7,9-10,14H,2-3,8,11H2,1H3,(H,21,23). The second-order valence-corrected chi connectivity index (χ2v) is 8.92. The summed E-state index contributed by atoms with van der Waals surface area (Å²) in [5.74, 6) is 0. The molecule has 1 aromatic carbocycles. The summed E-state index contributed by atoms with van der Waals surface area (Å²) in [6, 6.07) is 6.13. The quantitative estimate of drug-likeness (QED) is 0.714. The van der Waals surface area contributed by atoms with Crippen LogP contribution in [0.3, 0.4) is 0 Å². The van der Waals surface area contributed by atoms with Gasteiger partial charge >= 0.3 is 12.1 Å². The second-order valence-electron chi connectivity index (χ2n) is 6.07. The number of carbonyl (C=O) groups is 1. The third-order valence-corrected chi connectivity index (χ3v) is 6.42. The summed E-state index contributed by atoms with van der Waals surface area (Å²) >= 11 is 3.26. The van der Waals surface area contributed by atoms with E-state index in [1.165, 1.54) is 35.7 Å².